The molecule has 0 aromatic rings. The van der Waals surface area contributed by atoms with E-state index in [-0.39, 0.29) is 30.4 Å². The minimum atomic E-state index is -1.69. The molecule has 0 radical (unpaired) electrons. The molecule has 3 heterocycles. The Balaban J connectivity index is 1.41. The molecule has 3 aliphatic heterocycles. The van der Waals surface area contributed by atoms with Crippen molar-refractivity contribution in [2.24, 2.45) is 17.8 Å². The smallest absolute Gasteiger partial charge is 0.337 e. The van der Waals surface area contributed by atoms with E-state index in [1.807, 2.05) is 0 Å². The maximum absolute atomic E-state index is 13.3. The van der Waals surface area contributed by atoms with Crippen LogP contribution in [0, 0.1) is 17.8 Å². The molecule has 2 saturated heterocycles. The van der Waals surface area contributed by atoms with Crippen LogP contribution >= 0.6 is 0 Å². The van der Waals surface area contributed by atoms with E-state index in [9.17, 15) is 50.4 Å². The summed E-state index contributed by atoms with van der Waals surface area (Å²) in [6, 6.07) is 0. The third kappa shape index (κ3) is 8.40. The van der Waals surface area contributed by atoms with Gasteiger partial charge in [-0.1, -0.05) is 19.1 Å². The number of rotatable bonds is 13. The van der Waals surface area contributed by atoms with Crippen LogP contribution in [-0.2, 0) is 42.7 Å². The SMILES string of the molecule is C=C[C@@](C)(CC/C=C(\C)C(=O)O[C@H]1C[C@@H]2C(C(=O)OC)=CO[C@@H](O[C@@H]3O[C@H](CO)[C@@H](O)[C@H](O)[C@H]3O)[C@@H]2[C@H]1C)O[C@H]1O[C@H](CO)[C@@H](O)[C@H](O)[C@H]1O. The summed E-state index contributed by atoms with van der Waals surface area (Å²) in [4.78, 5) is 25.9. The van der Waals surface area contributed by atoms with Crippen molar-refractivity contribution >= 4 is 11.9 Å². The maximum atomic E-state index is 13.3. The fourth-order valence-electron chi connectivity index (χ4n) is 6.76. The van der Waals surface area contributed by atoms with Gasteiger partial charge in [0.2, 0.25) is 6.29 Å². The molecule has 0 aromatic heterocycles. The highest BCUT2D eigenvalue weighted by Gasteiger charge is 2.55. The summed E-state index contributed by atoms with van der Waals surface area (Å²) >= 11 is 0. The molecule has 0 amide bonds. The van der Waals surface area contributed by atoms with Crippen molar-refractivity contribution in [2.45, 2.75) is 119 Å². The van der Waals surface area contributed by atoms with E-state index in [0.29, 0.717) is 0 Å². The second-order valence-corrected chi connectivity index (χ2v) is 13.4. The molecule has 50 heavy (non-hydrogen) atoms. The first-order valence-corrected chi connectivity index (χ1v) is 16.5. The number of carbonyl (C=O) groups excluding carboxylic acids is 2. The molecule has 3 fully saturated rings. The molecule has 1 aliphatic carbocycles. The maximum Gasteiger partial charge on any atom is 0.337 e. The first-order chi connectivity index (χ1) is 23.6. The van der Waals surface area contributed by atoms with Crippen LogP contribution in [0.4, 0.5) is 0 Å². The van der Waals surface area contributed by atoms with E-state index in [0.717, 1.165) is 0 Å². The Hall–Kier alpha value is -2.52. The molecule has 8 N–H and O–H groups in total. The number of hydrogen-bond donors (Lipinski definition) is 8. The van der Waals surface area contributed by atoms with Crippen molar-refractivity contribution in [3.8, 4) is 0 Å². The minimum absolute atomic E-state index is 0.187. The van der Waals surface area contributed by atoms with Crippen molar-refractivity contribution in [1.29, 1.82) is 0 Å². The van der Waals surface area contributed by atoms with E-state index in [1.165, 1.54) is 19.4 Å². The van der Waals surface area contributed by atoms with Gasteiger partial charge in [-0.2, -0.15) is 0 Å². The van der Waals surface area contributed by atoms with Crippen LogP contribution in [-0.4, -0.2) is 153 Å². The minimum Gasteiger partial charge on any atom is -0.472 e. The van der Waals surface area contributed by atoms with Gasteiger partial charge in [-0.25, -0.2) is 9.59 Å². The Labute approximate surface area is 289 Å². The lowest BCUT2D eigenvalue weighted by atomic mass is 9.83. The van der Waals surface area contributed by atoms with Gasteiger partial charge in [0.05, 0.1) is 37.8 Å². The number of allylic oxidation sites excluding steroid dienone is 1. The molecule has 4 aliphatic rings. The molecule has 0 bridgehead atoms. The molecule has 0 aromatic carbocycles. The fraction of sp³-hybridized carbons (Fsp3) is 0.758. The topological polar surface area (TPSA) is 261 Å². The molecule has 284 valence electrons. The van der Waals surface area contributed by atoms with E-state index < -0.39 is 122 Å². The molecule has 16 atom stereocenters. The van der Waals surface area contributed by atoms with Gasteiger partial charge in [-0.15, -0.1) is 6.58 Å². The number of fused-ring (bicyclic) bond motifs is 1. The lowest BCUT2D eigenvalue weighted by molar-refractivity contribution is -0.342. The fourth-order valence-corrected chi connectivity index (χ4v) is 6.76. The third-order valence-electron chi connectivity index (χ3n) is 10.1. The van der Waals surface area contributed by atoms with Crippen LogP contribution in [0.1, 0.15) is 40.0 Å². The average molecular weight is 719 g/mol. The van der Waals surface area contributed by atoms with Gasteiger partial charge in [0.1, 0.15) is 54.9 Å². The van der Waals surface area contributed by atoms with E-state index in [4.69, 9.17) is 33.2 Å². The molecule has 17 nitrogen and oxygen atoms in total. The van der Waals surface area contributed by atoms with Gasteiger partial charge < -0.3 is 74.0 Å². The first-order valence-electron chi connectivity index (χ1n) is 16.5. The van der Waals surface area contributed by atoms with E-state index >= 15 is 0 Å². The number of esters is 2. The van der Waals surface area contributed by atoms with E-state index in [1.54, 1.807) is 26.8 Å². The highest BCUT2D eigenvalue weighted by Crippen LogP contribution is 2.49. The summed E-state index contributed by atoms with van der Waals surface area (Å²) in [7, 11) is 1.21. The number of hydrogen-bond acceptors (Lipinski definition) is 17. The van der Waals surface area contributed by atoms with Gasteiger partial charge >= 0.3 is 11.9 Å². The predicted molar refractivity (Wildman–Crippen MR) is 167 cm³/mol. The van der Waals surface area contributed by atoms with Crippen LogP contribution in [0.15, 0.2) is 36.1 Å². The number of methoxy groups -OCH3 is 1. The van der Waals surface area contributed by atoms with Crippen LogP contribution in [0.3, 0.4) is 0 Å². The summed E-state index contributed by atoms with van der Waals surface area (Å²) in [5, 5.41) is 80.4. The normalized spacial score (nSPS) is 41.6. The highest BCUT2D eigenvalue weighted by molar-refractivity contribution is 5.89. The lowest BCUT2D eigenvalue weighted by Gasteiger charge is -2.43. The second kappa shape index (κ2) is 16.9. The predicted octanol–water partition coefficient (Wildman–Crippen LogP) is -2.11. The zero-order valence-electron chi connectivity index (χ0n) is 28.4. The zero-order chi connectivity index (χ0) is 37.1. The molecular formula is C33H50O17. The second-order valence-electron chi connectivity index (χ2n) is 13.4. The molecule has 0 unspecified atom stereocenters. The van der Waals surface area contributed by atoms with Gasteiger partial charge in [0.15, 0.2) is 12.6 Å². The summed E-state index contributed by atoms with van der Waals surface area (Å²) in [6.07, 6.45) is -11.8. The Morgan fingerprint density at radius 2 is 1.52 bits per heavy atom. The van der Waals surface area contributed by atoms with Crippen molar-refractivity contribution in [3.05, 3.63) is 36.1 Å². The Morgan fingerprint density at radius 1 is 0.940 bits per heavy atom. The van der Waals surface area contributed by atoms with Crippen molar-refractivity contribution < 1.29 is 83.6 Å². The summed E-state index contributed by atoms with van der Waals surface area (Å²) in [6.45, 7) is 7.50. The number of aliphatic hydroxyl groups excluding tert-OH is 8. The lowest BCUT2D eigenvalue weighted by Crippen LogP contribution is -2.60. The summed E-state index contributed by atoms with van der Waals surface area (Å²) in [5.74, 6) is -2.92. The van der Waals surface area contributed by atoms with Crippen LogP contribution in [0.25, 0.3) is 0 Å². The van der Waals surface area contributed by atoms with Crippen LogP contribution < -0.4 is 0 Å². The number of ether oxygens (including phenoxy) is 7. The molecule has 17 heteroatoms. The summed E-state index contributed by atoms with van der Waals surface area (Å²) in [5.41, 5.74) is -0.663. The average Bonchev–Trinajstić information content (AvgIpc) is 3.43. The third-order valence-corrected chi connectivity index (χ3v) is 10.1. The largest absolute Gasteiger partial charge is 0.472 e. The van der Waals surface area contributed by atoms with E-state index in [2.05, 4.69) is 6.58 Å². The Morgan fingerprint density at radius 3 is 2.08 bits per heavy atom. The standard InChI is InChI=1S/C33H50O17/c1-6-33(4,50-32-27(41)25(39)23(37)20(12-35)48-32)9-7-8-14(2)28(42)46-18-10-16-17(29(43)44-5)13-45-30(21(16)15(18)3)49-31-26(40)24(38)22(36)19(11-34)47-31/h6,8,13,15-16,18-27,30-32,34-41H,1,7,9-12H2,2-5H3/b14-8+/t15-,16+,18-,19+,20+,21+,22+,23+,24-,25-,26+,27+,30-,31-,32+,33-/m0/s1. The number of carbonyl (C=O) groups is 2. The van der Waals surface area contributed by atoms with Gasteiger partial charge in [-0.3, -0.25) is 0 Å². The zero-order valence-corrected chi connectivity index (χ0v) is 28.4. The molecule has 4 rings (SSSR count). The molecular weight excluding hydrogens is 668 g/mol. The van der Waals surface area contributed by atoms with Gasteiger partial charge in [0.25, 0.3) is 0 Å². The van der Waals surface area contributed by atoms with Crippen LogP contribution in [0.5, 0.6) is 0 Å². The Bertz CT molecular complexity index is 1250. The highest BCUT2D eigenvalue weighted by atomic mass is 16.8. The quantitative estimate of drug-likeness (QED) is 0.0575. The van der Waals surface area contributed by atoms with Crippen LogP contribution in [0.2, 0.25) is 0 Å². The molecule has 1 saturated carbocycles. The van der Waals surface area contributed by atoms with Crippen molar-refractivity contribution in [3.63, 3.8) is 0 Å². The van der Waals surface area contributed by atoms with Gasteiger partial charge in [0, 0.05) is 23.3 Å². The molecule has 0 spiro atoms. The Kier molecular flexibility index (Phi) is 13.6. The summed E-state index contributed by atoms with van der Waals surface area (Å²) < 4.78 is 39.3. The van der Waals surface area contributed by atoms with Crippen molar-refractivity contribution in [1.82, 2.24) is 0 Å². The number of aliphatic hydroxyl groups is 8. The first kappa shape index (κ1) is 40.3. The monoisotopic (exact) mass is 718 g/mol. The van der Waals surface area contributed by atoms with Crippen molar-refractivity contribution in [2.75, 3.05) is 20.3 Å². The van der Waals surface area contributed by atoms with Gasteiger partial charge in [-0.05, 0) is 33.1 Å².